The Morgan fingerprint density at radius 3 is 2.53 bits per heavy atom. The summed E-state index contributed by atoms with van der Waals surface area (Å²) in [6.07, 6.45) is 2.40. The van der Waals surface area contributed by atoms with Gasteiger partial charge in [-0.15, -0.1) is 0 Å². The van der Waals surface area contributed by atoms with Crippen molar-refractivity contribution in [3.8, 4) is 0 Å². The second-order valence-electron chi connectivity index (χ2n) is 5.05. The van der Waals surface area contributed by atoms with E-state index in [0.717, 1.165) is 18.0 Å². The van der Waals surface area contributed by atoms with Gasteiger partial charge >= 0.3 is 0 Å². The van der Waals surface area contributed by atoms with Gasteiger partial charge < -0.3 is 4.90 Å². The molecule has 2 nitrogen and oxygen atoms in total. The van der Waals surface area contributed by atoms with Crippen LogP contribution in [0.2, 0.25) is 0 Å². The molecule has 2 heteroatoms. The molecule has 3 fully saturated rings. The summed E-state index contributed by atoms with van der Waals surface area (Å²) >= 11 is 0. The Hall–Kier alpha value is -1.31. The number of rotatable bonds is 1. The van der Waals surface area contributed by atoms with Gasteiger partial charge in [0.2, 0.25) is 0 Å². The molecule has 1 aliphatic carbocycles. The number of hydrogen-bond donors (Lipinski definition) is 0. The molecule has 2 heterocycles. The molecule has 1 aromatic rings. The van der Waals surface area contributed by atoms with Crippen LogP contribution in [-0.2, 0) is 0 Å². The van der Waals surface area contributed by atoms with E-state index in [4.69, 9.17) is 0 Å². The number of carbonyl (C=O) groups is 1. The molecule has 15 heavy (non-hydrogen) atoms. The lowest BCUT2D eigenvalue weighted by molar-refractivity contribution is 0.0611. The summed E-state index contributed by atoms with van der Waals surface area (Å²) in [5.74, 6) is 0.973. The molecule has 0 radical (unpaired) electrons. The van der Waals surface area contributed by atoms with E-state index in [0.29, 0.717) is 0 Å². The van der Waals surface area contributed by atoms with Crippen molar-refractivity contribution in [1.29, 1.82) is 0 Å². The molecule has 0 aromatic heterocycles. The van der Waals surface area contributed by atoms with Crippen LogP contribution < -0.4 is 0 Å². The minimum atomic E-state index is 0.164. The van der Waals surface area contributed by atoms with Gasteiger partial charge in [0.15, 0.2) is 0 Å². The zero-order valence-electron chi connectivity index (χ0n) is 8.94. The predicted octanol–water partition coefficient (Wildman–Crippen LogP) is 2.31. The maximum atomic E-state index is 12.2. The van der Waals surface area contributed by atoms with Gasteiger partial charge in [-0.1, -0.05) is 18.2 Å². The largest absolute Gasteiger partial charge is 0.333 e. The Morgan fingerprint density at radius 2 is 2.00 bits per heavy atom. The van der Waals surface area contributed by atoms with E-state index in [2.05, 4.69) is 11.8 Å². The molecule has 0 atom stereocenters. The number of amides is 1. The summed E-state index contributed by atoms with van der Waals surface area (Å²) in [5.41, 5.74) is 0.990. The second kappa shape index (κ2) is 2.84. The Bertz CT molecular complexity index is 392. The SMILES string of the molecule is CC12CC(CN1C(=O)c1ccccc1)C2. The van der Waals surface area contributed by atoms with Gasteiger partial charge in [-0.05, 0) is 37.8 Å². The maximum Gasteiger partial charge on any atom is 0.254 e. The highest BCUT2D eigenvalue weighted by molar-refractivity contribution is 5.95. The predicted molar refractivity (Wildman–Crippen MR) is 58.6 cm³/mol. The van der Waals surface area contributed by atoms with Crippen LogP contribution in [0.4, 0.5) is 0 Å². The van der Waals surface area contributed by atoms with E-state index in [1.54, 1.807) is 0 Å². The van der Waals surface area contributed by atoms with Crippen molar-refractivity contribution in [2.45, 2.75) is 25.3 Å². The average Bonchev–Trinajstić information content (AvgIpc) is 2.71. The van der Waals surface area contributed by atoms with E-state index in [1.165, 1.54) is 12.8 Å². The summed E-state index contributed by atoms with van der Waals surface area (Å²) in [7, 11) is 0. The third-order valence-electron chi connectivity index (χ3n) is 3.82. The molecule has 1 amide bonds. The minimum absolute atomic E-state index is 0.164. The topological polar surface area (TPSA) is 20.3 Å². The second-order valence-corrected chi connectivity index (χ2v) is 5.05. The number of fused-ring (bicyclic) bond motifs is 1. The lowest BCUT2D eigenvalue weighted by Gasteiger charge is -2.38. The van der Waals surface area contributed by atoms with Crippen LogP contribution in [0.3, 0.4) is 0 Å². The van der Waals surface area contributed by atoms with Gasteiger partial charge in [-0.2, -0.15) is 0 Å². The first kappa shape index (κ1) is 8.96. The van der Waals surface area contributed by atoms with Gasteiger partial charge in [-0.3, -0.25) is 4.79 Å². The summed E-state index contributed by atoms with van der Waals surface area (Å²) in [6, 6.07) is 9.61. The van der Waals surface area contributed by atoms with Gasteiger partial charge in [0.1, 0.15) is 0 Å². The number of carbonyl (C=O) groups excluding carboxylic acids is 1. The number of benzene rings is 1. The molecular formula is C13H15NO. The van der Waals surface area contributed by atoms with Crippen LogP contribution in [0.5, 0.6) is 0 Å². The zero-order chi connectivity index (χ0) is 10.5. The van der Waals surface area contributed by atoms with Crippen molar-refractivity contribution in [3.05, 3.63) is 35.9 Å². The van der Waals surface area contributed by atoms with Crippen LogP contribution in [0.15, 0.2) is 30.3 Å². The lowest BCUT2D eigenvalue weighted by Crippen LogP contribution is -2.45. The van der Waals surface area contributed by atoms with Crippen molar-refractivity contribution >= 4 is 5.91 Å². The fourth-order valence-electron chi connectivity index (χ4n) is 3.08. The summed E-state index contributed by atoms with van der Waals surface area (Å²) in [6.45, 7) is 3.17. The quantitative estimate of drug-likeness (QED) is 0.682. The molecular weight excluding hydrogens is 186 g/mol. The monoisotopic (exact) mass is 201 g/mol. The van der Waals surface area contributed by atoms with Crippen LogP contribution in [0.25, 0.3) is 0 Å². The fraction of sp³-hybridized carbons (Fsp3) is 0.462. The first-order valence-corrected chi connectivity index (χ1v) is 5.56. The zero-order valence-corrected chi connectivity index (χ0v) is 8.94. The van der Waals surface area contributed by atoms with Gasteiger partial charge in [0, 0.05) is 17.6 Å². The van der Waals surface area contributed by atoms with Crippen molar-refractivity contribution in [1.82, 2.24) is 4.90 Å². The molecule has 0 N–H and O–H groups in total. The summed E-state index contributed by atoms with van der Waals surface area (Å²) < 4.78 is 0. The smallest absolute Gasteiger partial charge is 0.254 e. The van der Waals surface area contributed by atoms with Crippen molar-refractivity contribution in [3.63, 3.8) is 0 Å². The van der Waals surface area contributed by atoms with Gasteiger partial charge in [0.25, 0.3) is 5.91 Å². The normalized spacial score (nSPS) is 32.6. The highest BCUT2D eigenvalue weighted by Crippen LogP contribution is 2.50. The number of hydrogen-bond acceptors (Lipinski definition) is 1. The molecule has 3 aliphatic rings. The highest BCUT2D eigenvalue weighted by Gasteiger charge is 2.54. The molecule has 2 aliphatic heterocycles. The van der Waals surface area contributed by atoms with E-state index >= 15 is 0 Å². The van der Waals surface area contributed by atoms with E-state index in [9.17, 15) is 4.79 Å². The van der Waals surface area contributed by atoms with Crippen LogP contribution in [-0.4, -0.2) is 22.9 Å². The molecule has 4 rings (SSSR count). The Balaban J connectivity index is 1.87. The third kappa shape index (κ3) is 1.21. The summed E-state index contributed by atoms with van der Waals surface area (Å²) in [4.78, 5) is 14.3. The lowest BCUT2D eigenvalue weighted by atomic mass is 9.75. The van der Waals surface area contributed by atoms with Crippen LogP contribution >= 0.6 is 0 Å². The average molecular weight is 201 g/mol. The van der Waals surface area contributed by atoms with Crippen LogP contribution in [0.1, 0.15) is 30.1 Å². The summed E-state index contributed by atoms with van der Waals surface area (Å²) in [5, 5.41) is 0. The maximum absolute atomic E-state index is 12.2. The Morgan fingerprint density at radius 1 is 1.33 bits per heavy atom. The van der Waals surface area contributed by atoms with Crippen LogP contribution in [0, 0.1) is 5.92 Å². The molecule has 1 saturated carbocycles. The molecule has 0 unspecified atom stereocenters. The first-order valence-electron chi connectivity index (χ1n) is 5.56. The molecule has 2 saturated heterocycles. The standard InChI is InChI=1S/C13H15NO/c1-13-7-10(8-13)9-14(13)12(15)11-5-3-2-4-6-11/h2-6,10H,7-9H2,1H3. The fourth-order valence-corrected chi connectivity index (χ4v) is 3.08. The third-order valence-corrected chi connectivity index (χ3v) is 3.82. The van der Waals surface area contributed by atoms with E-state index < -0.39 is 0 Å². The Labute approximate surface area is 89.9 Å². The van der Waals surface area contributed by atoms with E-state index in [-0.39, 0.29) is 11.4 Å². The molecule has 1 aromatic carbocycles. The molecule has 78 valence electrons. The van der Waals surface area contributed by atoms with E-state index in [1.807, 2.05) is 30.3 Å². The first-order chi connectivity index (χ1) is 7.19. The molecule has 2 bridgehead atoms. The van der Waals surface area contributed by atoms with Crippen molar-refractivity contribution < 1.29 is 4.79 Å². The minimum Gasteiger partial charge on any atom is -0.333 e. The van der Waals surface area contributed by atoms with Crippen molar-refractivity contribution in [2.75, 3.05) is 6.54 Å². The van der Waals surface area contributed by atoms with Gasteiger partial charge in [-0.25, -0.2) is 0 Å². The van der Waals surface area contributed by atoms with Crippen molar-refractivity contribution in [2.24, 2.45) is 5.92 Å². The molecule has 0 spiro atoms. The Kier molecular flexibility index (Phi) is 1.70. The number of nitrogens with zero attached hydrogens (tertiary/aromatic N) is 1. The highest BCUT2D eigenvalue weighted by atomic mass is 16.2. The van der Waals surface area contributed by atoms with Gasteiger partial charge in [0.05, 0.1) is 0 Å².